The number of ether oxygens (including phenoxy) is 3. The van der Waals surface area contributed by atoms with Crippen molar-refractivity contribution in [3.63, 3.8) is 0 Å². The van der Waals surface area contributed by atoms with Gasteiger partial charge in [-0.25, -0.2) is 0 Å². The SMILES string of the molecule is CC/C=C\C/C=C\C/C=C\C/C=C\C/C=C\CCCCCCCCCCCCCCCCCCCC(=O)OCC(COC(=O)CCCCCCCCCCC)OC(=O)CCCCCCCCCCCCCCCCCCCCCCC. The molecule has 0 rings (SSSR count). The van der Waals surface area contributed by atoms with Crippen molar-refractivity contribution in [1.82, 2.24) is 0 Å². The minimum absolute atomic E-state index is 0.0666. The third kappa shape index (κ3) is 67.8. The summed E-state index contributed by atoms with van der Waals surface area (Å²) < 4.78 is 16.9. The number of unbranched alkanes of at least 4 members (excludes halogenated alkanes) is 45. The number of hydrogen-bond acceptors (Lipinski definition) is 6. The lowest BCUT2D eigenvalue weighted by Gasteiger charge is -2.18. The van der Waals surface area contributed by atoms with E-state index in [1.54, 1.807) is 0 Å². The van der Waals surface area contributed by atoms with Crippen LogP contribution in [-0.4, -0.2) is 37.2 Å². The zero-order chi connectivity index (χ0) is 58.5. The highest BCUT2D eigenvalue weighted by molar-refractivity contribution is 5.71. The number of rotatable bonds is 66. The Balaban J connectivity index is 4.06. The summed E-state index contributed by atoms with van der Waals surface area (Å²) in [6.07, 6.45) is 89.9. The van der Waals surface area contributed by atoms with Crippen LogP contribution in [0.25, 0.3) is 0 Å². The molecule has 0 bridgehead atoms. The van der Waals surface area contributed by atoms with E-state index in [4.69, 9.17) is 14.2 Å². The molecule has 81 heavy (non-hydrogen) atoms. The third-order valence-electron chi connectivity index (χ3n) is 16.0. The molecule has 6 heteroatoms. The van der Waals surface area contributed by atoms with Crippen LogP contribution < -0.4 is 0 Å². The van der Waals surface area contributed by atoms with E-state index in [0.717, 1.165) is 89.9 Å². The smallest absolute Gasteiger partial charge is 0.306 e. The second-order valence-corrected chi connectivity index (χ2v) is 24.1. The molecule has 0 saturated heterocycles. The van der Waals surface area contributed by atoms with E-state index in [9.17, 15) is 14.4 Å². The lowest BCUT2D eigenvalue weighted by Crippen LogP contribution is -2.30. The van der Waals surface area contributed by atoms with Crippen molar-refractivity contribution in [3.05, 3.63) is 60.8 Å². The Hall–Kier alpha value is -2.89. The third-order valence-corrected chi connectivity index (χ3v) is 16.0. The topological polar surface area (TPSA) is 78.9 Å². The quantitative estimate of drug-likeness (QED) is 0.0261. The standard InChI is InChI=1S/C75H136O6/c1-4-7-10-13-16-19-21-23-25-27-29-31-32-33-34-35-36-37-38-39-40-41-42-44-45-47-49-51-53-56-59-62-65-68-74(77)80-71-72(70-79-73(76)67-64-61-58-55-18-15-12-9-6-3)81-75(78)69-66-63-60-57-54-52-50-48-46-43-30-28-26-24-22-20-17-14-11-8-5-2/h7,10,16,19,23,25,29,31,33-34,72H,4-6,8-9,11-15,17-18,20-22,24,26-28,30,32,35-71H2,1-3H3/b10-7-,19-16-,25-23-,31-29-,34-33-. The summed E-state index contributed by atoms with van der Waals surface area (Å²) in [5.41, 5.74) is 0. The summed E-state index contributed by atoms with van der Waals surface area (Å²) in [6, 6.07) is 0. The van der Waals surface area contributed by atoms with Gasteiger partial charge in [-0.2, -0.15) is 0 Å². The molecular formula is C75H136O6. The van der Waals surface area contributed by atoms with Crippen LogP contribution in [0.1, 0.15) is 380 Å². The molecule has 1 unspecified atom stereocenters. The van der Waals surface area contributed by atoms with Gasteiger partial charge in [-0.3, -0.25) is 14.4 Å². The molecule has 1 atom stereocenters. The van der Waals surface area contributed by atoms with Crippen molar-refractivity contribution >= 4 is 17.9 Å². The minimum atomic E-state index is -0.768. The Labute approximate surface area is 504 Å². The second-order valence-electron chi connectivity index (χ2n) is 24.1. The van der Waals surface area contributed by atoms with Crippen molar-refractivity contribution in [1.29, 1.82) is 0 Å². The van der Waals surface area contributed by atoms with E-state index in [-0.39, 0.29) is 31.1 Å². The zero-order valence-electron chi connectivity index (χ0n) is 54.3. The van der Waals surface area contributed by atoms with Gasteiger partial charge in [0, 0.05) is 19.3 Å². The summed E-state index contributed by atoms with van der Waals surface area (Å²) in [5.74, 6) is -0.842. The van der Waals surface area contributed by atoms with Crippen molar-refractivity contribution in [3.8, 4) is 0 Å². The van der Waals surface area contributed by atoms with Crippen LogP contribution in [0.15, 0.2) is 60.8 Å². The van der Waals surface area contributed by atoms with Crippen LogP contribution in [0.3, 0.4) is 0 Å². The highest BCUT2D eigenvalue weighted by Gasteiger charge is 2.19. The van der Waals surface area contributed by atoms with Gasteiger partial charge >= 0.3 is 17.9 Å². The summed E-state index contributed by atoms with van der Waals surface area (Å²) in [5, 5.41) is 0. The van der Waals surface area contributed by atoms with Crippen LogP contribution in [0.2, 0.25) is 0 Å². The Morgan fingerprint density at radius 2 is 0.481 bits per heavy atom. The summed E-state index contributed by atoms with van der Waals surface area (Å²) in [6.45, 7) is 6.57. The van der Waals surface area contributed by atoms with Crippen LogP contribution in [-0.2, 0) is 28.6 Å². The minimum Gasteiger partial charge on any atom is -0.462 e. The molecule has 0 aromatic heterocycles. The van der Waals surface area contributed by atoms with E-state index >= 15 is 0 Å². The van der Waals surface area contributed by atoms with Crippen LogP contribution in [0.5, 0.6) is 0 Å². The predicted molar refractivity (Wildman–Crippen MR) is 353 cm³/mol. The van der Waals surface area contributed by atoms with Crippen molar-refractivity contribution in [2.45, 2.75) is 386 Å². The monoisotopic (exact) mass is 1130 g/mol. The second kappa shape index (κ2) is 69.6. The number of carbonyl (C=O) groups excluding carboxylic acids is 3. The van der Waals surface area contributed by atoms with Gasteiger partial charge in [0.05, 0.1) is 0 Å². The molecule has 0 fully saturated rings. The first kappa shape index (κ1) is 78.1. The van der Waals surface area contributed by atoms with E-state index in [2.05, 4.69) is 81.5 Å². The number of hydrogen-bond donors (Lipinski definition) is 0. The van der Waals surface area contributed by atoms with E-state index in [0.29, 0.717) is 19.3 Å². The Morgan fingerprint density at radius 3 is 0.753 bits per heavy atom. The molecular weight excluding hydrogens is 997 g/mol. The summed E-state index contributed by atoms with van der Waals surface area (Å²) in [7, 11) is 0. The summed E-state index contributed by atoms with van der Waals surface area (Å²) >= 11 is 0. The molecule has 0 saturated carbocycles. The average Bonchev–Trinajstić information content (AvgIpc) is 3.47. The first-order valence-electron chi connectivity index (χ1n) is 35.8. The summed E-state index contributed by atoms with van der Waals surface area (Å²) in [4.78, 5) is 38.3. The molecule has 0 radical (unpaired) electrons. The van der Waals surface area contributed by atoms with Gasteiger partial charge < -0.3 is 14.2 Å². The maximum Gasteiger partial charge on any atom is 0.306 e. The van der Waals surface area contributed by atoms with Gasteiger partial charge in [0.1, 0.15) is 13.2 Å². The van der Waals surface area contributed by atoms with Crippen molar-refractivity contribution in [2.24, 2.45) is 0 Å². The first-order chi connectivity index (χ1) is 40.0. The molecule has 0 aliphatic heterocycles. The number of carbonyl (C=O) groups is 3. The van der Waals surface area contributed by atoms with Crippen LogP contribution >= 0.6 is 0 Å². The molecule has 0 heterocycles. The number of allylic oxidation sites excluding steroid dienone is 10. The molecule has 0 N–H and O–H groups in total. The molecule has 0 aliphatic rings. The van der Waals surface area contributed by atoms with Gasteiger partial charge in [0.15, 0.2) is 6.10 Å². The van der Waals surface area contributed by atoms with E-state index in [1.807, 2.05) is 0 Å². The molecule has 6 nitrogen and oxygen atoms in total. The van der Waals surface area contributed by atoms with Crippen molar-refractivity contribution < 1.29 is 28.6 Å². The fourth-order valence-corrected chi connectivity index (χ4v) is 10.7. The fraction of sp³-hybridized carbons (Fsp3) is 0.827. The maximum absolute atomic E-state index is 12.9. The van der Waals surface area contributed by atoms with Gasteiger partial charge in [-0.1, -0.05) is 358 Å². The Morgan fingerprint density at radius 1 is 0.259 bits per heavy atom. The molecule has 0 spiro atoms. The van der Waals surface area contributed by atoms with Crippen LogP contribution in [0.4, 0.5) is 0 Å². The van der Waals surface area contributed by atoms with Crippen molar-refractivity contribution in [2.75, 3.05) is 13.2 Å². The largest absolute Gasteiger partial charge is 0.462 e. The Kier molecular flexibility index (Phi) is 67.1. The normalized spacial score (nSPS) is 12.4. The van der Waals surface area contributed by atoms with E-state index < -0.39 is 6.10 Å². The van der Waals surface area contributed by atoms with Gasteiger partial charge in [0.2, 0.25) is 0 Å². The molecule has 0 amide bonds. The fourth-order valence-electron chi connectivity index (χ4n) is 10.7. The average molecular weight is 1130 g/mol. The van der Waals surface area contributed by atoms with E-state index in [1.165, 1.54) is 250 Å². The lowest BCUT2D eigenvalue weighted by molar-refractivity contribution is -0.167. The predicted octanol–water partition coefficient (Wildman–Crippen LogP) is 24.7. The molecule has 0 aromatic rings. The first-order valence-corrected chi connectivity index (χ1v) is 35.8. The molecule has 472 valence electrons. The van der Waals surface area contributed by atoms with Gasteiger partial charge in [-0.15, -0.1) is 0 Å². The number of esters is 3. The maximum atomic E-state index is 12.9. The lowest BCUT2D eigenvalue weighted by atomic mass is 10.0. The Bertz CT molecular complexity index is 1440. The molecule has 0 aliphatic carbocycles. The van der Waals surface area contributed by atoms with Gasteiger partial charge in [-0.05, 0) is 64.2 Å². The van der Waals surface area contributed by atoms with Gasteiger partial charge in [0.25, 0.3) is 0 Å². The highest BCUT2D eigenvalue weighted by Crippen LogP contribution is 2.19. The van der Waals surface area contributed by atoms with Crippen LogP contribution in [0, 0.1) is 0 Å². The molecule has 0 aromatic carbocycles. The highest BCUT2D eigenvalue weighted by atomic mass is 16.6. The zero-order valence-corrected chi connectivity index (χ0v) is 54.3.